The van der Waals surface area contributed by atoms with Crippen molar-refractivity contribution in [3.8, 4) is 0 Å². The number of ketones is 1. The van der Waals surface area contributed by atoms with Crippen molar-refractivity contribution >= 4 is 11.7 Å². The van der Waals surface area contributed by atoms with Gasteiger partial charge in [-0.2, -0.15) is 0 Å². The highest BCUT2D eigenvalue weighted by Gasteiger charge is 2.24. The topological polar surface area (TPSA) is 78.6 Å². The predicted molar refractivity (Wildman–Crippen MR) is 71.2 cm³/mol. The summed E-state index contributed by atoms with van der Waals surface area (Å²) in [4.78, 5) is 22.6. The van der Waals surface area contributed by atoms with Crippen LogP contribution in [0.2, 0.25) is 0 Å². The summed E-state index contributed by atoms with van der Waals surface area (Å²) in [5, 5.41) is 0. The van der Waals surface area contributed by atoms with Gasteiger partial charge in [-0.3, -0.25) is 9.59 Å². The van der Waals surface area contributed by atoms with Gasteiger partial charge < -0.3 is 15.2 Å². The Morgan fingerprint density at radius 2 is 2.00 bits per heavy atom. The van der Waals surface area contributed by atoms with Crippen molar-refractivity contribution in [1.82, 2.24) is 0 Å². The van der Waals surface area contributed by atoms with Crippen LogP contribution in [0, 0.1) is 5.92 Å². The summed E-state index contributed by atoms with van der Waals surface area (Å²) in [7, 11) is 1.61. The van der Waals surface area contributed by atoms with E-state index in [1.807, 2.05) is 13.0 Å². The van der Waals surface area contributed by atoms with E-state index in [0.29, 0.717) is 26.1 Å². The summed E-state index contributed by atoms with van der Waals surface area (Å²) in [5.41, 5.74) is 5.78. The molecule has 0 saturated heterocycles. The molecule has 0 aromatic carbocycles. The summed E-state index contributed by atoms with van der Waals surface area (Å²) in [6.07, 6.45) is 4.70. The number of carbonyl (C=O) groups excluding carboxylic acids is 2. The van der Waals surface area contributed by atoms with Gasteiger partial charge in [0, 0.05) is 31.4 Å². The van der Waals surface area contributed by atoms with Crippen LogP contribution in [-0.2, 0) is 19.1 Å². The fourth-order valence-electron chi connectivity index (χ4n) is 1.93. The number of carbonyl (C=O) groups is 2. The minimum absolute atomic E-state index is 0.0297. The molecule has 0 heterocycles. The summed E-state index contributed by atoms with van der Waals surface area (Å²) < 4.78 is 10.4. The largest absolute Gasteiger partial charge is 0.495 e. The van der Waals surface area contributed by atoms with Gasteiger partial charge in [-0.15, -0.1) is 0 Å². The molecule has 1 atom stereocenters. The number of nitrogens with two attached hydrogens (primary N) is 1. The first-order chi connectivity index (χ1) is 9.06. The molecule has 1 amide bonds. The second kappa shape index (κ2) is 7.74. The number of allylic oxidation sites excluding steroid dienone is 3. The van der Waals surface area contributed by atoms with Crippen LogP contribution in [0.3, 0.4) is 0 Å². The van der Waals surface area contributed by atoms with Crippen molar-refractivity contribution < 1.29 is 19.1 Å². The van der Waals surface area contributed by atoms with Crippen molar-refractivity contribution in [2.24, 2.45) is 11.7 Å². The minimum atomic E-state index is -0.372. The van der Waals surface area contributed by atoms with Crippen LogP contribution < -0.4 is 5.73 Å². The third kappa shape index (κ3) is 4.87. The maximum absolute atomic E-state index is 12.0. The van der Waals surface area contributed by atoms with Crippen molar-refractivity contribution in [2.75, 3.05) is 20.3 Å². The maximum atomic E-state index is 12.0. The average molecular weight is 267 g/mol. The van der Waals surface area contributed by atoms with Gasteiger partial charge in [0.1, 0.15) is 12.4 Å². The van der Waals surface area contributed by atoms with E-state index in [0.717, 1.165) is 11.3 Å². The van der Waals surface area contributed by atoms with E-state index in [-0.39, 0.29) is 24.0 Å². The third-order valence-electron chi connectivity index (χ3n) is 3.03. The van der Waals surface area contributed by atoms with Gasteiger partial charge in [0.2, 0.25) is 5.91 Å². The maximum Gasteiger partial charge on any atom is 0.217 e. The highest BCUT2D eigenvalue weighted by atomic mass is 16.5. The van der Waals surface area contributed by atoms with Gasteiger partial charge >= 0.3 is 0 Å². The average Bonchev–Trinajstić information content (AvgIpc) is 2.71. The Bertz CT molecular complexity index is 398. The van der Waals surface area contributed by atoms with Gasteiger partial charge in [-0.1, -0.05) is 13.0 Å². The number of hydrogen-bond donors (Lipinski definition) is 1. The molecule has 5 nitrogen and oxygen atoms in total. The number of Topliss-reactive ketones (excluding diaryl/α,β-unsaturated/α-hetero) is 1. The first-order valence-electron chi connectivity index (χ1n) is 6.41. The van der Waals surface area contributed by atoms with E-state index < -0.39 is 0 Å². The highest BCUT2D eigenvalue weighted by Crippen LogP contribution is 2.29. The number of methoxy groups -OCH3 is 1. The number of amides is 1. The van der Waals surface area contributed by atoms with Gasteiger partial charge in [0.25, 0.3) is 0 Å². The molecule has 0 fully saturated rings. The number of hydrogen-bond acceptors (Lipinski definition) is 4. The van der Waals surface area contributed by atoms with E-state index in [1.54, 1.807) is 13.2 Å². The Balaban J connectivity index is 2.37. The molecule has 2 N–H and O–H groups in total. The zero-order valence-electron chi connectivity index (χ0n) is 11.5. The molecule has 0 bridgehead atoms. The monoisotopic (exact) mass is 267 g/mol. The molecule has 1 aliphatic carbocycles. The lowest BCUT2D eigenvalue weighted by Gasteiger charge is -2.14. The van der Waals surface area contributed by atoms with E-state index in [9.17, 15) is 9.59 Å². The SMILES string of the molecule is COCCOC1=CC=C(C(=O)CCCC(N)=O)C1C. The van der Waals surface area contributed by atoms with Crippen molar-refractivity contribution in [3.05, 3.63) is 23.5 Å². The van der Waals surface area contributed by atoms with Crippen LogP contribution in [0.4, 0.5) is 0 Å². The Morgan fingerprint density at radius 1 is 1.26 bits per heavy atom. The zero-order valence-corrected chi connectivity index (χ0v) is 11.5. The molecule has 1 aliphatic rings. The van der Waals surface area contributed by atoms with Gasteiger partial charge in [-0.05, 0) is 12.5 Å². The molecular weight excluding hydrogens is 246 g/mol. The standard InChI is InChI=1S/C14H21NO4/c1-10-11(12(16)4-3-5-14(15)17)6-7-13(10)19-9-8-18-2/h6-7,10H,3-5,8-9H2,1-2H3,(H2,15,17). The van der Waals surface area contributed by atoms with Gasteiger partial charge in [-0.25, -0.2) is 0 Å². The molecule has 0 radical (unpaired) electrons. The van der Waals surface area contributed by atoms with Crippen LogP contribution in [0.25, 0.3) is 0 Å². The van der Waals surface area contributed by atoms with Crippen molar-refractivity contribution in [3.63, 3.8) is 0 Å². The first kappa shape index (κ1) is 15.4. The summed E-state index contributed by atoms with van der Waals surface area (Å²) in [6, 6.07) is 0. The van der Waals surface area contributed by atoms with Crippen molar-refractivity contribution in [2.45, 2.75) is 26.2 Å². The van der Waals surface area contributed by atoms with Crippen LogP contribution in [0.15, 0.2) is 23.5 Å². The van der Waals surface area contributed by atoms with E-state index in [1.165, 1.54) is 0 Å². The molecule has 1 unspecified atom stereocenters. The molecule has 106 valence electrons. The van der Waals surface area contributed by atoms with Crippen molar-refractivity contribution in [1.29, 1.82) is 0 Å². The molecule has 0 spiro atoms. The van der Waals surface area contributed by atoms with E-state index in [2.05, 4.69) is 0 Å². The summed E-state index contributed by atoms with van der Waals surface area (Å²) in [6.45, 7) is 2.93. The number of rotatable bonds is 9. The Morgan fingerprint density at radius 3 is 2.63 bits per heavy atom. The lowest BCUT2D eigenvalue weighted by molar-refractivity contribution is -0.118. The Kier molecular flexibility index (Phi) is 6.29. The number of ether oxygens (including phenoxy) is 2. The van der Waals surface area contributed by atoms with Crippen LogP contribution in [-0.4, -0.2) is 32.0 Å². The van der Waals surface area contributed by atoms with E-state index in [4.69, 9.17) is 15.2 Å². The molecule has 0 saturated carbocycles. The predicted octanol–water partition coefficient (Wildman–Crippen LogP) is 1.33. The Hall–Kier alpha value is -1.62. The second-order valence-corrected chi connectivity index (χ2v) is 4.50. The molecule has 19 heavy (non-hydrogen) atoms. The molecular formula is C14H21NO4. The second-order valence-electron chi connectivity index (χ2n) is 4.50. The fourth-order valence-corrected chi connectivity index (χ4v) is 1.93. The lowest BCUT2D eigenvalue weighted by atomic mass is 9.96. The third-order valence-corrected chi connectivity index (χ3v) is 3.03. The van der Waals surface area contributed by atoms with Gasteiger partial charge in [0.15, 0.2) is 5.78 Å². The normalized spacial score (nSPS) is 17.9. The summed E-state index contributed by atoms with van der Waals surface area (Å²) in [5.74, 6) is 0.437. The van der Waals surface area contributed by atoms with Crippen LogP contribution in [0.1, 0.15) is 26.2 Å². The molecule has 0 aromatic rings. The van der Waals surface area contributed by atoms with Crippen LogP contribution in [0.5, 0.6) is 0 Å². The quantitative estimate of drug-likeness (QED) is 0.639. The fraction of sp³-hybridized carbons (Fsp3) is 0.571. The smallest absolute Gasteiger partial charge is 0.217 e. The van der Waals surface area contributed by atoms with Gasteiger partial charge in [0.05, 0.1) is 6.61 Å². The summed E-state index contributed by atoms with van der Waals surface area (Å²) >= 11 is 0. The highest BCUT2D eigenvalue weighted by molar-refractivity contribution is 5.97. The zero-order chi connectivity index (χ0) is 14.3. The first-order valence-corrected chi connectivity index (χ1v) is 6.41. The molecule has 0 aliphatic heterocycles. The molecule has 0 aromatic heterocycles. The molecule has 1 rings (SSSR count). The minimum Gasteiger partial charge on any atom is -0.495 e. The lowest BCUT2D eigenvalue weighted by Crippen LogP contribution is -2.14. The molecule has 5 heteroatoms. The Labute approximate surface area is 113 Å². The van der Waals surface area contributed by atoms with E-state index >= 15 is 0 Å². The number of primary amides is 1. The van der Waals surface area contributed by atoms with Crippen LogP contribution >= 0.6 is 0 Å².